The zero-order valence-corrected chi connectivity index (χ0v) is 10.5. The fourth-order valence-corrected chi connectivity index (χ4v) is 1.07. The van der Waals surface area contributed by atoms with Gasteiger partial charge in [0.25, 0.3) is 0 Å². The van der Waals surface area contributed by atoms with E-state index in [0.717, 1.165) is 12.8 Å². The lowest BCUT2D eigenvalue weighted by Crippen LogP contribution is -2.21. The second kappa shape index (κ2) is 8.35. The largest absolute Gasteiger partial charge is 0.409 e. The van der Waals surface area contributed by atoms with Crippen molar-refractivity contribution >= 4 is 5.84 Å². The second-order valence-electron chi connectivity index (χ2n) is 4.62. The first-order valence-corrected chi connectivity index (χ1v) is 5.64. The molecule has 3 N–H and O–H groups in total. The molecule has 16 heavy (non-hydrogen) atoms. The van der Waals surface area contributed by atoms with Crippen molar-refractivity contribution in [3.05, 3.63) is 0 Å². The van der Waals surface area contributed by atoms with Crippen molar-refractivity contribution in [1.82, 2.24) is 0 Å². The number of nitrogens with two attached hydrogens (primary N) is 1. The van der Waals surface area contributed by atoms with E-state index in [2.05, 4.69) is 5.16 Å². The van der Waals surface area contributed by atoms with E-state index in [1.807, 2.05) is 20.8 Å². The Morgan fingerprint density at radius 2 is 1.88 bits per heavy atom. The third kappa shape index (κ3) is 11.3. The van der Waals surface area contributed by atoms with Gasteiger partial charge < -0.3 is 20.4 Å². The summed E-state index contributed by atoms with van der Waals surface area (Å²) in [5, 5.41) is 11.2. The molecule has 0 aromatic carbocycles. The fourth-order valence-electron chi connectivity index (χ4n) is 1.07. The van der Waals surface area contributed by atoms with Crippen LogP contribution in [0.2, 0.25) is 0 Å². The van der Waals surface area contributed by atoms with Crippen LogP contribution >= 0.6 is 0 Å². The summed E-state index contributed by atoms with van der Waals surface area (Å²) in [6, 6.07) is 0. The van der Waals surface area contributed by atoms with Crippen LogP contribution in [0.1, 0.15) is 40.0 Å². The first kappa shape index (κ1) is 15.2. The molecule has 0 atom stereocenters. The van der Waals surface area contributed by atoms with Gasteiger partial charge in [-0.05, 0) is 33.6 Å². The number of hydrogen-bond donors (Lipinski definition) is 2. The molecule has 0 aliphatic rings. The number of unbranched alkanes of at least 4 members (excludes halogenated alkanes) is 1. The van der Waals surface area contributed by atoms with Gasteiger partial charge in [0, 0.05) is 13.0 Å². The molecule has 0 saturated heterocycles. The van der Waals surface area contributed by atoms with Crippen molar-refractivity contribution in [3.8, 4) is 0 Å². The van der Waals surface area contributed by atoms with Crippen molar-refractivity contribution in [3.63, 3.8) is 0 Å². The SMILES string of the molecule is CC(C)(C)OCCOCCCCC(N)=NO. The number of hydrogen-bond acceptors (Lipinski definition) is 4. The molecule has 0 aromatic heterocycles. The van der Waals surface area contributed by atoms with E-state index in [4.69, 9.17) is 20.4 Å². The summed E-state index contributed by atoms with van der Waals surface area (Å²) in [6.45, 7) is 7.97. The molecule has 0 unspecified atom stereocenters. The van der Waals surface area contributed by atoms with Gasteiger partial charge >= 0.3 is 0 Å². The van der Waals surface area contributed by atoms with Crippen molar-refractivity contribution in [2.75, 3.05) is 19.8 Å². The Labute approximate surface area is 97.6 Å². The first-order chi connectivity index (χ1) is 7.45. The number of oxime groups is 1. The predicted molar refractivity (Wildman–Crippen MR) is 63.8 cm³/mol. The lowest BCUT2D eigenvalue weighted by molar-refractivity contribution is -0.0351. The van der Waals surface area contributed by atoms with Crippen LogP contribution in [0.25, 0.3) is 0 Å². The lowest BCUT2D eigenvalue weighted by Gasteiger charge is -2.19. The van der Waals surface area contributed by atoms with Crippen LogP contribution in [-0.4, -0.2) is 36.5 Å². The van der Waals surface area contributed by atoms with Gasteiger partial charge in [-0.3, -0.25) is 0 Å². The zero-order chi connectivity index (χ0) is 12.4. The Morgan fingerprint density at radius 1 is 1.19 bits per heavy atom. The van der Waals surface area contributed by atoms with Gasteiger partial charge in [-0.2, -0.15) is 0 Å². The average Bonchev–Trinajstić information content (AvgIpc) is 2.20. The smallest absolute Gasteiger partial charge is 0.139 e. The Morgan fingerprint density at radius 3 is 2.44 bits per heavy atom. The topological polar surface area (TPSA) is 77.1 Å². The molecule has 96 valence electrons. The summed E-state index contributed by atoms with van der Waals surface area (Å²) < 4.78 is 10.9. The molecule has 5 nitrogen and oxygen atoms in total. The van der Waals surface area contributed by atoms with Gasteiger partial charge in [-0.25, -0.2) is 0 Å². The maximum atomic E-state index is 8.30. The van der Waals surface area contributed by atoms with E-state index in [0.29, 0.717) is 26.2 Å². The number of rotatable bonds is 8. The van der Waals surface area contributed by atoms with Gasteiger partial charge in [-0.15, -0.1) is 0 Å². The van der Waals surface area contributed by atoms with Crippen LogP contribution in [0.3, 0.4) is 0 Å². The molecule has 0 rings (SSSR count). The monoisotopic (exact) mass is 232 g/mol. The fraction of sp³-hybridized carbons (Fsp3) is 0.909. The van der Waals surface area contributed by atoms with Crippen LogP contribution in [0, 0.1) is 0 Å². The quantitative estimate of drug-likeness (QED) is 0.220. The summed E-state index contributed by atoms with van der Waals surface area (Å²) >= 11 is 0. The molecule has 0 spiro atoms. The van der Waals surface area contributed by atoms with E-state index in [1.54, 1.807) is 0 Å². The highest BCUT2D eigenvalue weighted by molar-refractivity contribution is 5.79. The predicted octanol–water partition coefficient (Wildman–Crippen LogP) is 1.73. The van der Waals surface area contributed by atoms with E-state index in [1.165, 1.54) is 0 Å². The molecule has 0 aromatic rings. The maximum Gasteiger partial charge on any atom is 0.139 e. The molecule has 0 fully saturated rings. The third-order valence-corrected chi connectivity index (χ3v) is 1.86. The highest BCUT2D eigenvalue weighted by atomic mass is 16.5. The molecule has 0 saturated carbocycles. The Kier molecular flexibility index (Phi) is 7.93. The van der Waals surface area contributed by atoms with Crippen molar-refractivity contribution < 1.29 is 14.7 Å². The number of nitrogens with zero attached hydrogens (tertiary/aromatic N) is 1. The summed E-state index contributed by atoms with van der Waals surface area (Å²) in [5.41, 5.74) is 5.22. The van der Waals surface area contributed by atoms with Crippen molar-refractivity contribution in [2.45, 2.75) is 45.6 Å². The molecule has 0 amide bonds. The molecule has 0 aliphatic carbocycles. The van der Waals surface area contributed by atoms with E-state index in [9.17, 15) is 0 Å². The van der Waals surface area contributed by atoms with Gasteiger partial charge in [0.05, 0.1) is 18.8 Å². The van der Waals surface area contributed by atoms with Gasteiger partial charge in [0.15, 0.2) is 0 Å². The highest BCUT2D eigenvalue weighted by Gasteiger charge is 2.08. The lowest BCUT2D eigenvalue weighted by atomic mass is 10.2. The standard InChI is InChI=1S/C11H24N2O3/c1-11(2,3)16-9-8-15-7-5-4-6-10(12)13-14/h14H,4-9H2,1-3H3,(H2,12,13). The molecule has 5 heteroatoms. The average molecular weight is 232 g/mol. The number of amidine groups is 1. The Balaban J connectivity index is 3.16. The molecular formula is C11H24N2O3. The molecule has 0 aliphatic heterocycles. The maximum absolute atomic E-state index is 8.30. The summed E-state index contributed by atoms with van der Waals surface area (Å²) in [5.74, 6) is 0.274. The van der Waals surface area contributed by atoms with Crippen LogP contribution < -0.4 is 5.73 Å². The van der Waals surface area contributed by atoms with Gasteiger partial charge in [0.1, 0.15) is 5.84 Å². The molecular weight excluding hydrogens is 208 g/mol. The van der Waals surface area contributed by atoms with Gasteiger partial charge in [0.2, 0.25) is 0 Å². The minimum Gasteiger partial charge on any atom is -0.409 e. The second-order valence-corrected chi connectivity index (χ2v) is 4.62. The van der Waals surface area contributed by atoms with Crippen molar-refractivity contribution in [2.24, 2.45) is 10.9 Å². The Hall–Kier alpha value is -0.810. The van der Waals surface area contributed by atoms with Gasteiger partial charge in [-0.1, -0.05) is 5.16 Å². The summed E-state index contributed by atoms with van der Waals surface area (Å²) in [6.07, 6.45) is 2.39. The van der Waals surface area contributed by atoms with Crippen LogP contribution in [-0.2, 0) is 9.47 Å². The van der Waals surface area contributed by atoms with E-state index >= 15 is 0 Å². The molecule has 0 bridgehead atoms. The highest BCUT2D eigenvalue weighted by Crippen LogP contribution is 2.05. The number of ether oxygens (including phenoxy) is 2. The normalized spacial score (nSPS) is 13.1. The minimum absolute atomic E-state index is 0.102. The molecule has 0 radical (unpaired) electrons. The van der Waals surface area contributed by atoms with Crippen LogP contribution in [0.5, 0.6) is 0 Å². The third-order valence-electron chi connectivity index (χ3n) is 1.86. The summed E-state index contributed by atoms with van der Waals surface area (Å²) in [4.78, 5) is 0. The van der Waals surface area contributed by atoms with Crippen LogP contribution in [0.15, 0.2) is 5.16 Å². The molecule has 0 heterocycles. The summed E-state index contributed by atoms with van der Waals surface area (Å²) in [7, 11) is 0. The van der Waals surface area contributed by atoms with E-state index in [-0.39, 0.29) is 11.4 Å². The van der Waals surface area contributed by atoms with Crippen molar-refractivity contribution in [1.29, 1.82) is 0 Å². The first-order valence-electron chi connectivity index (χ1n) is 5.64. The van der Waals surface area contributed by atoms with Crippen LogP contribution in [0.4, 0.5) is 0 Å². The Bertz CT molecular complexity index is 200. The van der Waals surface area contributed by atoms with E-state index < -0.39 is 0 Å². The minimum atomic E-state index is -0.102. The zero-order valence-electron chi connectivity index (χ0n) is 10.5.